The quantitative estimate of drug-likeness (QED) is 0.164. The maximum absolute atomic E-state index is 6.65. The molecule has 0 bridgehead atoms. The number of fused-ring (bicyclic) bond motifs is 12. The zero-order valence-corrected chi connectivity index (χ0v) is 31.6. The minimum Gasteiger partial charge on any atom is -0.454 e. The number of rotatable bonds is 5. The van der Waals surface area contributed by atoms with Crippen LogP contribution in [0, 0.1) is 0 Å². The number of furan rings is 1. The van der Waals surface area contributed by atoms with E-state index < -0.39 is 0 Å². The molecule has 11 aromatic carbocycles. The highest BCUT2D eigenvalue weighted by molar-refractivity contribution is 6.25. The fourth-order valence-electron chi connectivity index (χ4n) is 9.31. The molecule has 270 valence electrons. The SMILES string of the molecule is c1ccc2c(c1)cc(-c1ccc(N(c3ccc(-c4ccc5c6ccccc6c6ccccc6c5c4)cc3)c3cccc4c3oc3ccccc34)cc1)c1ccccc12. The van der Waals surface area contributed by atoms with Gasteiger partial charge in [-0.1, -0.05) is 164 Å². The largest absolute Gasteiger partial charge is 0.454 e. The predicted octanol–water partition coefficient (Wildman–Crippen LogP) is 16.2. The highest BCUT2D eigenvalue weighted by Crippen LogP contribution is 2.44. The molecule has 0 fully saturated rings. The van der Waals surface area contributed by atoms with Gasteiger partial charge in [-0.15, -0.1) is 0 Å². The Morgan fingerprint density at radius 2 is 0.776 bits per heavy atom. The molecule has 0 saturated heterocycles. The molecule has 0 aliphatic carbocycles. The second-order valence-electron chi connectivity index (χ2n) is 15.2. The van der Waals surface area contributed by atoms with Crippen LogP contribution in [-0.2, 0) is 0 Å². The fourth-order valence-corrected chi connectivity index (χ4v) is 9.31. The van der Waals surface area contributed by atoms with Gasteiger partial charge in [0.25, 0.3) is 0 Å². The molecule has 0 unspecified atom stereocenters. The van der Waals surface area contributed by atoms with Crippen molar-refractivity contribution in [3.05, 3.63) is 212 Å². The zero-order valence-electron chi connectivity index (χ0n) is 31.6. The van der Waals surface area contributed by atoms with Gasteiger partial charge in [0.05, 0.1) is 5.69 Å². The smallest absolute Gasteiger partial charge is 0.159 e. The van der Waals surface area contributed by atoms with Crippen LogP contribution in [-0.4, -0.2) is 0 Å². The third-order valence-electron chi connectivity index (χ3n) is 12.0. The monoisotopic (exact) mass is 737 g/mol. The lowest BCUT2D eigenvalue weighted by Crippen LogP contribution is -2.10. The molecule has 0 atom stereocenters. The van der Waals surface area contributed by atoms with Crippen LogP contribution in [0.25, 0.3) is 98.1 Å². The number of para-hydroxylation sites is 2. The molecule has 58 heavy (non-hydrogen) atoms. The van der Waals surface area contributed by atoms with Crippen LogP contribution in [0.3, 0.4) is 0 Å². The summed E-state index contributed by atoms with van der Waals surface area (Å²) in [4.78, 5) is 2.33. The van der Waals surface area contributed by atoms with Gasteiger partial charge in [0.15, 0.2) is 5.58 Å². The lowest BCUT2D eigenvalue weighted by molar-refractivity contribution is 0.669. The standard InChI is InChI=1S/C56H35NO/c1-2-13-42-39(12-1)35-52(47-18-7-3-14-43(42)47)37-26-31-41(32-27-37)57(54-22-11-21-51-50-20-9-10-23-55(50)58-56(51)54)40-29-24-36(25-30-40)38-28-33-49-46-17-5-4-15-44(46)45-16-6-8-19-48(45)53(49)34-38/h1-35H. The van der Waals surface area contributed by atoms with Gasteiger partial charge in [0.1, 0.15) is 5.58 Å². The third kappa shape index (κ3) is 5.05. The van der Waals surface area contributed by atoms with Gasteiger partial charge in [0.2, 0.25) is 0 Å². The molecule has 12 rings (SSSR count). The Labute approximate surface area is 335 Å². The normalized spacial score (nSPS) is 11.8. The topological polar surface area (TPSA) is 16.4 Å². The van der Waals surface area contributed by atoms with E-state index in [4.69, 9.17) is 4.42 Å². The van der Waals surface area contributed by atoms with Crippen molar-refractivity contribution in [2.75, 3.05) is 4.90 Å². The van der Waals surface area contributed by atoms with Crippen LogP contribution in [0.5, 0.6) is 0 Å². The second kappa shape index (κ2) is 12.9. The Hall–Kier alpha value is -7.68. The van der Waals surface area contributed by atoms with E-state index in [-0.39, 0.29) is 0 Å². The predicted molar refractivity (Wildman–Crippen MR) is 247 cm³/mol. The van der Waals surface area contributed by atoms with Crippen LogP contribution < -0.4 is 4.90 Å². The Balaban J connectivity index is 1.00. The highest BCUT2D eigenvalue weighted by atomic mass is 16.3. The van der Waals surface area contributed by atoms with Crippen molar-refractivity contribution in [1.29, 1.82) is 0 Å². The summed E-state index contributed by atoms with van der Waals surface area (Å²) in [7, 11) is 0. The van der Waals surface area contributed by atoms with Crippen molar-refractivity contribution in [2.24, 2.45) is 0 Å². The first-order valence-electron chi connectivity index (χ1n) is 19.9. The van der Waals surface area contributed by atoms with Crippen LogP contribution in [0.2, 0.25) is 0 Å². The van der Waals surface area contributed by atoms with E-state index >= 15 is 0 Å². The Kier molecular flexibility index (Phi) is 7.26. The molecule has 2 nitrogen and oxygen atoms in total. The maximum atomic E-state index is 6.65. The minimum atomic E-state index is 0.867. The Morgan fingerprint density at radius 3 is 1.45 bits per heavy atom. The summed E-state index contributed by atoms with van der Waals surface area (Å²) in [6, 6.07) is 76.9. The molecule has 1 heterocycles. The zero-order chi connectivity index (χ0) is 38.2. The van der Waals surface area contributed by atoms with Gasteiger partial charge in [-0.3, -0.25) is 0 Å². The van der Waals surface area contributed by atoms with E-state index in [0.29, 0.717) is 0 Å². The van der Waals surface area contributed by atoms with Crippen molar-refractivity contribution in [1.82, 2.24) is 0 Å². The Bertz CT molecular complexity index is 3520. The molecular formula is C56H35NO. The first kappa shape index (κ1) is 32.6. The number of hydrogen-bond acceptors (Lipinski definition) is 2. The van der Waals surface area contributed by atoms with Crippen molar-refractivity contribution in [3.8, 4) is 22.3 Å². The first-order chi connectivity index (χ1) is 28.8. The molecule has 0 aliphatic heterocycles. The second-order valence-corrected chi connectivity index (χ2v) is 15.2. The fraction of sp³-hybridized carbons (Fsp3) is 0. The van der Waals surface area contributed by atoms with E-state index in [1.165, 1.54) is 76.1 Å². The molecular weight excluding hydrogens is 703 g/mol. The van der Waals surface area contributed by atoms with Gasteiger partial charge in [0, 0.05) is 22.1 Å². The van der Waals surface area contributed by atoms with Gasteiger partial charge < -0.3 is 9.32 Å². The molecule has 0 saturated carbocycles. The number of hydrogen-bond donors (Lipinski definition) is 0. The van der Waals surface area contributed by atoms with Gasteiger partial charge in [-0.2, -0.15) is 0 Å². The summed E-state index contributed by atoms with van der Waals surface area (Å²) < 4.78 is 6.65. The number of anilines is 3. The average Bonchev–Trinajstić information content (AvgIpc) is 3.69. The van der Waals surface area contributed by atoms with E-state index in [1.807, 2.05) is 6.07 Å². The summed E-state index contributed by atoms with van der Waals surface area (Å²) in [5.74, 6) is 0. The van der Waals surface area contributed by atoms with E-state index in [2.05, 4.69) is 211 Å². The number of benzene rings is 11. The van der Waals surface area contributed by atoms with Crippen LogP contribution in [0.4, 0.5) is 17.1 Å². The highest BCUT2D eigenvalue weighted by Gasteiger charge is 2.20. The minimum absolute atomic E-state index is 0.867. The lowest BCUT2D eigenvalue weighted by Gasteiger charge is -2.26. The lowest BCUT2D eigenvalue weighted by atomic mass is 9.92. The summed E-state index contributed by atoms with van der Waals surface area (Å²) in [6.45, 7) is 0. The summed E-state index contributed by atoms with van der Waals surface area (Å²) in [5, 5.41) is 14.9. The van der Waals surface area contributed by atoms with Crippen molar-refractivity contribution in [2.45, 2.75) is 0 Å². The molecule has 0 aliphatic rings. The van der Waals surface area contributed by atoms with Crippen LogP contribution in [0.15, 0.2) is 217 Å². The van der Waals surface area contributed by atoms with Gasteiger partial charge >= 0.3 is 0 Å². The van der Waals surface area contributed by atoms with E-state index in [0.717, 1.165) is 39.0 Å². The molecule has 1 aromatic heterocycles. The van der Waals surface area contributed by atoms with Crippen molar-refractivity contribution < 1.29 is 4.42 Å². The summed E-state index contributed by atoms with van der Waals surface area (Å²) >= 11 is 0. The first-order valence-corrected chi connectivity index (χ1v) is 19.9. The Morgan fingerprint density at radius 1 is 0.293 bits per heavy atom. The van der Waals surface area contributed by atoms with E-state index in [9.17, 15) is 0 Å². The third-order valence-corrected chi connectivity index (χ3v) is 12.0. The molecule has 0 radical (unpaired) electrons. The van der Waals surface area contributed by atoms with Crippen molar-refractivity contribution in [3.63, 3.8) is 0 Å². The average molecular weight is 738 g/mol. The van der Waals surface area contributed by atoms with Gasteiger partial charge in [-0.05, 0) is 125 Å². The molecule has 0 spiro atoms. The number of nitrogens with zero attached hydrogens (tertiary/aromatic N) is 1. The molecule has 12 aromatic rings. The van der Waals surface area contributed by atoms with Gasteiger partial charge in [-0.25, -0.2) is 0 Å². The maximum Gasteiger partial charge on any atom is 0.159 e. The summed E-state index contributed by atoms with van der Waals surface area (Å²) in [6.07, 6.45) is 0. The summed E-state index contributed by atoms with van der Waals surface area (Å²) in [5.41, 5.74) is 9.62. The van der Waals surface area contributed by atoms with Crippen LogP contribution in [0.1, 0.15) is 0 Å². The van der Waals surface area contributed by atoms with Crippen molar-refractivity contribution >= 4 is 92.9 Å². The molecule has 0 amide bonds. The molecule has 0 N–H and O–H groups in total. The van der Waals surface area contributed by atoms with Crippen LogP contribution >= 0.6 is 0 Å². The van der Waals surface area contributed by atoms with E-state index in [1.54, 1.807) is 0 Å². The molecule has 2 heteroatoms.